The fourth-order valence-corrected chi connectivity index (χ4v) is 1.83. The molecule has 0 saturated heterocycles. The first-order valence-corrected chi connectivity index (χ1v) is 6.73. The summed E-state index contributed by atoms with van der Waals surface area (Å²) >= 11 is 0. The molecular formula is C14H18N6O2. The van der Waals surface area contributed by atoms with Crippen LogP contribution in [0.4, 0.5) is 23.1 Å². The lowest BCUT2D eigenvalue weighted by Gasteiger charge is -2.10. The Morgan fingerprint density at radius 2 is 2.00 bits per heavy atom. The van der Waals surface area contributed by atoms with Crippen molar-refractivity contribution in [2.45, 2.75) is 6.42 Å². The molecule has 8 heteroatoms. The number of anilines is 3. The highest BCUT2D eigenvalue weighted by Gasteiger charge is 2.14. The first-order chi connectivity index (χ1) is 10.5. The van der Waals surface area contributed by atoms with E-state index in [4.69, 9.17) is 5.73 Å². The van der Waals surface area contributed by atoms with Gasteiger partial charge < -0.3 is 16.0 Å². The van der Waals surface area contributed by atoms with Gasteiger partial charge in [-0.2, -0.15) is 4.98 Å². The molecule has 0 saturated carbocycles. The molecule has 0 amide bonds. The Balaban J connectivity index is 2.04. The predicted molar refractivity (Wildman–Crippen MR) is 85.1 cm³/mol. The Bertz CT molecular complexity index is 657. The largest absolute Gasteiger partial charge is 0.378 e. The highest BCUT2D eigenvalue weighted by Crippen LogP contribution is 2.20. The summed E-state index contributed by atoms with van der Waals surface area (Å²) in [5.74, 6) is 0.0641. The van der Waals surface area contributed by atoms with Crippen molar-refractivity contribution in [3.8, 4) is 0 Å². The molecule has 116 valence electrons. The van der Waals surface area contributed by atoms with E-state index in [2.05, 4.69) is 20.2 Å². The van der Waals surface area contributed by atoms with Crippen LogP contribution in [0.25, 0.3) is 0 Å². The molecule has 0 aliphatic carbocycles. The standard InChI is InChI=1S/C14H18N6O2/c1-19(2)8-7-10-3-5-11(6-4-10)17-14-16-9-12(20(21)22)13(15)18-14/h3-6,9H,7-8H2,1-2H3,(H3,15,16,17,18). The monoisotopic (exact) mass is 302 g/mol. The van der Waals surface area contributed by atoms with Crippen LogP contribution in [0.5, 0.6) is 0 Å². The molecule has 0 atom stereocenters. The molecule has 1 heterocycles. The van der Waals surface area contributed by atoms with Crippen molar-refractivity contribution in [3.05, 3.63) is 46.1 Å². The van der Waals surface area contributed by atoms with Gasteiger partial charge in [0.25, 0.3) is 0 Å². The molecule has 0 radical (unpaired) electrons. The van der Waals surface area contributed by atoms with Crippen LogP contribution in [0.15, 0.2) is 30.5 Å². The van der Waals surface area contributed by atoms with Gasteiger partial charge in [0, 0.05) is 12.2 Å². The molecule has 8 nitrogen and oxygen atoms in total. The maximum absolute atomic E-state index is 10.7. The lowest BCUT2D eigenvalue weighted by atomic mass is 10.1. The van der Waals surface area contributed by atoms with Gasteiger partial charge in [-0.3, -0.25) is 10.1 Å². The summed E-state index contributed by atoms with van der Waals surface area (Å²) in [5.41, 5.74) is 7.25. The summed E-state index contributed by atoms with van der Waals surface area (Å²) in [6, 6.07) is 7.85. The summed E-state index contributed by atoms with van der Waals surface area (Å²) in [7, 11) is 4.07. The number of rotatable bonds is 6. The van der Waals surface area contributed by atoms with E-state index in [-0.39, 0.29) is 17.5 Å². The smallest absolute Gasteiger partial charge is 0.329 e. The van der Waals surface area contributed by atoms with E-state index < -0.39 is 4.92 Å². The Labute approximate surface area is 128 Å². The van der Waals surface area contributed by atoms with Crippen LogP contribution in [0.2, 0.25) is 0 Å². The predicted octanol–water partition coefficient (Wildman–Crippen LogP) is 1.81. The van der Waals surface area contributed by atoms with Crippen molar-refractivity contribution in [2.24, 2.45) is 0 Å². The van der Waals surface area contributed by atoms with Gasteiger partial charge in [0.15, 0.2) is 0 Å². The van der Waals surface area contributed by atoms with E-state index in [0.29, 0.717) is 0 Å². The van der Waals surface area contributed by atoms with Crippen molar-refractivity contribution < 1.29 is 4.92 Å². The molecule has 0 aliphatic rings. The van der Waals surface area contributed by atoms with Gasteiger partial charge in [-0.1, -0.05) is 12.1 Å². The highest BCUT2D eigenvalue weighted by molar-refractivity contribution is 5.58. The second kappa shape index (κ2) is 6.81. The highest BCUT2D eigenvalue weighted by atomic mass is 16.6. The van der Waals surface area contributed by atoms with Gasteiger partial charge in [0.1, 0.15) is 6.20 Å². The van der Waals surface area contributed by atoms with E-state index in [0.717, 1.165) is 24.8 Å². The zero-order valence-electron chi connectivity index (χ0n) is 12.5. The van der Waals surface area contributed by atoms with Crippen LogP contribution in [-0.2, 0) is 6.42 Å². The molecule has 0 bridgehead atoms. The zero-order chi connectivity index (χ0) is 16.1. The van der Waals surface area contributed by atoms with Crippen molar-refractivity contribution in [1.82, 2.24) is 14.9 Å². The summed E-state index contributed by atoms with van der Waals surface area (Å²) in [4.78, 5) is 19.9. The van der Waals surface area contributed by atoms with Crippen LogP contribution in [0.3, 0.4) is 0 Å². The van der Waals surface area contributed by atoms with Crippen LogP contribution >= 0.6 is 0 Å². The van der Waals surface area contributed by atoms with Crippen molar-refractivity contribution >= 4 is 23.1 Å². The number of likely N-dealkylation sites (N-methyl/N-ethyl adjacent to an activating group) is 1. The second-order valence-electron chi connectivity index (χ2n) is 5.10. The van der Waals surface area contributed by atoms with Gasteiger partial charge in [-0.25, -0.2) is 4.98 Å². The van der Waals surface area contributed by atoms with Crippen molar-refractivity contribution in [3.63, 3.8) is 0 Å². The molecule has 2 aromatic rings. The van der Waals surface area contributed by atoms with Gasteiger partial charge in [0.2, 0.25) is 11.8 Å². The molecule has 0 spiro atoms. The molecule has 1 aromatic carbocycles. The first-order valence-electron chi connectivity index (χ1n) is 6.73. The number of hydrogen-bond acceptors (Lipinski definition) is 7. The van der Waals surface area contributed by atoms with E-state index in [1.165, 1.54) is 5.56 Å². The maximum atomic E-state index is 10.7. The number of nitrogens with zero attached hydrogens (tertiary/aromatic N) is 4. The van der Waals surface area contributed by atoms with Gasteiger partial charge in [-0.05, 0) is 38.2 Å². The normalized spacial score (nSPS) is 10.7. The molecule has 0 fully saturated rings. The van der Waals surface area contributed by atoms with Gasteiger partial charge in [0.05, 0.1) is 4.92 Å². The lowest BCUT2D eigenvalue weighted by molar-refractivity contribution is -0.384. The Morgan fingerprint density at radius 1 is 1.32 bits per heavy atom. The van der Waals surface area contributed by atoms with Crippen molar-refractivity contribution in [1.29, 1.82) is 0 Å². The van der Waals surface area contributed by atoms with Gasteiger partial charge >= 0.3 is 5.69 Å². The quantitative estimate of drug-likeness (QED) is 0.618. The Morgan fingerprint density at radius 3 is 2.55 bits per heavy atom. The van der Waals surface area contributed by atoms with E-state index in [9.17, 15) is 10.1 Å². The number of nitrogen functional groups attached to an aromatic ring is 1. The van der Waals surface area contributed by atoms with E-state index in [1.54, 1.807) is 0 Å². The molecule has 1 aromatic heterocycles. The number of nitrogens with one attached hydrogen (secondary N) is 1. The van der Waals surface area contributed by atoms with Gasteiger partial charge in [-0.15, -0.1) is 0 Å². The zero-order valence-corrected chi connectivity index (χ0v) is 12.5. The third kappa shape index (κ3) is 4.13. The molecule has 22 heavy (non-hydrogen) atoms. The average Bonchev–Trinajstić information content (AvgIpc) is 2.46. The SMILES string of the molecule is CN(C)CCc1ccc(Nc2ncc([N+](=O)[O-])c(N)n2)cc1. The first kappa shape index (κ1) is 15.6. The third-order valence-corrected chi connectivity index (χ3v) is 3.05. The van der Waals surface area contributed by atoms with E-state index in [1.807, 2.05) is 38.4 Å². The number of hydrogen-bond donors (Lipinski definition) is 2. The minimum Gasteiger partial charge on any atom is -0.378 e. The summed E-state index contributed by atoms with van der Waals surface area (Å²) in [6.45, 7) is 0.981. The average molecular weight is 302 g/mol. The molecule has 0 unspecified atom stereocenters. The van der Waals surface area contributed by atoms with Crippen LogP contribution in [0, 0.1) is 10.1 Å². The number of aromatic nitrogens is 2. The van der Waals surface area contributed by atoms with E-state index >= 15 is 0 Å². The second-order valence-corrected chi connectivity index (χ2v) is 5.10. The van der Waals surface area contributed by atoms with Crippen LogP contribution in [0.1, 0.15) is 5.56 Å². The maximum Gasteiger partial charge on any atom is 0.329 e. The number of benzene rings is 1. The minimum atomic E-state index is -0.612. The molecular weight excluding hydrogens is 284 g/mol. The summed E-state index contributed by atoms with van der Waals surface area (Å²) in [6.07, 6.45) is 2.06. The number of nitro groups is 1. The lowest BCUT2D eigenvalue weighted by Crippen LogP contribution is -2.14. The summed E-state index contributed by atoms with van der Waals surface area (Å²) in [5, 5.41) is 13.6. The molecule has 3 N–H and O–H groups in total. The molecule has 0 aliphatic heterocycles. The topological polar surface area (TPSA) is 110 Å². The Hall–Kier alpha value is -2.74. The molecule has 2 rings (SSSR count). The summed E-state index contributed by atoms with van der Waals surface area (Å²) < 4.78 is 0. The third-order valence-electron chi connectivity index (χ3n) is 3.05. The fourth-order valence-electron chi connectivity index (χ4n) is 1.83. The Kier molecular flexibility index (Phi) is 4.84. The minimum absolute atomic E-state index is 0.162. The fraction of sp³-hybridized carbons (Fsp3) is 0.286. The number of nitrogens with two attached hydrogens (primary N) is 1. The van der Waals surface area contributed by atoms with Crippen LogP contribution in [-0.4, -0.2) is 40.4 Å². The van der Waals surface area contributed by atoms with Crippen molar-refractivity contribution in [2.75, 3.05) is 31.7 Å². The van der Waals surface area contributed by atoms with Crippen LogP contribution < -0.4 is 11.1 Å².